The van der Waals surface area contributed by atoms with Crippen LogP contribution < -0.4 is 5.32 Å². The Hall–Kier alpha value is -0.120. The van der Waals surface area contributed by atoms with Crippen LogP contribution in [0.5, 0.6) is 0 Å². The highest BCUT2D eigenvalue weighted by molar-refractivity contribution is 4.83. The van der Waals surface area contributed by atoms with E-state index in [0.717, 1.165) is 32.6 Å². The number of rotatable bonds is 6. The van der Waals surface area contributed by atoms with E-state index in [1.54, 1.807) is 0 Å². The summed E-state index contributed by atoms with van der Waals surface area (Å²) in [5.74, 6) is 0.516. The van der Waals surface area contributed by atoms with Crippen LogP contribution >= 0.6 is 0 Å². The van der Waals surface area contributed by atoms with E-state index in [4.69, 9.17) is 5.11 Å². The van der Waals surface area contributed by atoms with Crippen molar-refractivity contribution < 1.29 is 5.11 Å². The van der Waals surface area contributed by atoms with Crippen LogP contribution in [-0.2, 0) is 0 Å². The Morgan fingerprint density at radius 3 is 2.59 bits per heavy atom. The van der Waals surface area contributed by atoms with Gasteiger partial charge in [-0.1, -0.05) is 27.7 Å². The van der Waals surface area contributed by atoms with Gasteiger partial charge in [-0.3, -0.25) is 0 Å². The summed E-state index contributed by atoms with van der Waals surface area (Å²) < 4.78 is 0. The van der Waals surface area contributed by atoms with Crippen LogP contribution in [0.2, 0.25) is 0 Å². The first-order valence-electron chi connectivity index (χ1n) is 7.04. The Bertz CT molecular complexity index is 213. The van der Waals surface area contributed by atoms with E-state index in [1.165, 1.54) is 6.42 Å². The van der Waals surface area contributed by atoms with Crippen molar-refractivity contribution in [2.45, 2.75) is 46.6 Å². The lowest BCUT2D eigenvalue weighted by atomic mass is 9.84. The Morgan fingerprint density at radius 2 is 2.12 bits per heavy atom. The standard InChI is InChI=1S/C14H30N2O/c1-5-15-13(14(2,3)4)7-9-16-8-6-12(10-16)11-17/h12-13,15,17H,5-11H2,1-4H3. The molecule has 3 heteroatoms. The van der Waals surface area contributed by atoms with Gasteiger partial charge < -0.3 is 15.3 Å². The molecule has 0 bridgehead atoms. The first-order valence-corrected chi connectivity index (χ1v) is 7.04. The molecule has 1 saturated heterocycles. The predicted molar refractivity (Wildman–Crippen MR) is 73.2 cm³/mol. The molecule has 2 N–H and O–H groups in total. The number of aliphatic hydroxyl groups is 1. The van der Waals surface area contributed by atoms with Crippen molar-refractivity contribution in [3.63, 3.8) is 0 Å². The van der Waals surface area contributed by atoms with Gasteiger partial charge in [-0.25, -0.2) is 0 Å². The molecule has 17 heavy (non-hydrogen) atoms. The fourth-order valence-electron chi connectivity index (χ4n) is 2.66. The lowest BCUT2D eigenvalue weighted by Gasteiger charge is -2.32. The third kappa shape index (κ3) is 4.94. The second-order valence-corrected chi connectivity index (χ2v) is 6.40. The zero-order valence-corrected chi connectivity index (χ0v) is 12.0. The molecule has 2 atom stereocenters. The minimum Gasteiger partial charge on any atom is -0.396 e. The van der Waals surface area contributed by atoms with Gasteiger partial charge in [0.05, 0.1) is 0 Å². The highest BCUT2D eigenvalue weighted by Crippen LogP contribution is 2.23. The van der Waals surface area contributed by atoms with Gasteiger partial charge in [-0.15, -0.1) is 0 Å². The molecule has 0 aromatic carbocycles. The van der Waals surface area contributed by atoms with Crippen molar-refractivity contribution in [2.24, 2.45) is 11.3 Å². The number of hydrogen-bond donors (Lipinski definition) is 2. The Balaban J connectivity index is 2.32. The largest absolute Gasteiger partial charge is 0.396 e. The molecule has 1 heterocycles. The first kappa shape index (κ1) is 14.9. The van der Waals surface area contributed by atoms with Gasteiger partial charge in [0, 0.05) is 19.2 Å². The van der Waals surface area contributed by atoms with Crippen LogP contribution in [0.4, 0.5) is 0 Å². The van der Waals surface area contributed by atoms with E-state index < -0.39 is 0 Å². The van der Waals surface area contributed by atoms with Gasteiger partial charge in [0.2, 0.25) is 0 Å². The minimum absolute atomic E-state index is 0.326. The molecule has 0 amide bonds. The average molecular weight is 242 g/mol. The zero-order valence-electron chi connectivity index (χ0n) is 12.0. The summed E-state index contributed by atoms with van der Waals surface area (Å²) in [4.78, 5) is 2.50. The molecule has 1 fully saturated rings. The third-order valence-electron chi connectivity index (χ3n) is 3.86. The number of hydrogen-bond acceptors (Lipinski definition) is 3. The summed E-state index contributed by atoms with van der Waals surface area (Å²) in [6.45, 7) is 13.9. The van der Waals surface area contributed by atoms with Crippen molar-refractivity contribution in [3.8, 4) is 0 Å². The number of aliphatic hydroxyl groups excluding tert-OH is 1. The highest BCUT2D eigenvalue weighted by Gasteiger charge is 2.26. The first-order chi connectivity index (χ1) is 7.97. The zero-order chi connectivity index (χ0) is 12.9. The molecule has 2 unspecified atom stereocenters. The lowest BCUT2D eigenvalue weighted by Crippen LogP contribution is -2.42. The van der Waals surface area contributed by atoms with Crippen LogP contribution in [0.1, 0.15) is 40.5 Å². The second-order valence-electron chi connectivity index (χ2n) is 6.40. The fraction of sp³-hybridized carbons (Fsp3) is 1.00. The molecule has 3 nitrogen and oxygen atoms in total. The second kappa shape index (κ2) is 6.72. The van der Waals surface area contributed by atoms with Gasteiger partial charge in [-0.2, -0.15) is 0 Å². The fourth-order valence-corrected chi connectivity index (χ4v) is 2.66. The Labute approximate surface area is 107 Å². The van der Waals surface area contributed by atoms with Crippen molar-refractivity contribution >= 4 is 0 Å². The predicted octanol–water partition coefficient (Wildman–Crippen LogP) is 1.71. The maximum Gasteiger partial charge on any atom is 0.0471 e. The van der Waals surface area contributed by atoms with Crippen molar-refractivity contribution in [1.29, 1.82) is 0 Å². The molecule has 1 aliphatic rings. The van der Waals surface area contributed by atoms with Gasteiger partial charge in [0.1, 0.15) is 0 Å². The van der Waals surface area contributed by atoms with Crippen molar-refractivity contribution in [2.75, 3.05) is 32.8 Å². The van der Waals surface area contributed by atoms with E-state index in [-0.39, 0.29) is 0 Å². The SMILES string of the molecule is CCNC(CCN1CCC(CO)C1)C(C)(C)C. The number of likely N-dealkylation sites (tertiary alicyclic amines) is 1. The quantitative estimate of drug-likeness (QED) is 0.744. The molecule has 0 saturated carbocycles. The number of nitrogens with one attached hydrogen (secondary N) is 1. The van der Waals surface area contributed by atoms with Crippen LogP contribution in [0.25, 0.3) is 0 Å². The molecule has 102 valence electrons. The third-order valence-corrected chi connectivity index (χ3v) is 3.86. The van der Waals surface area contributed by atoms with E-state index in [9.17, 15) is 0 Å². The summed E-state index contributed by atoms with van der Waals surface area (Å²) in [5, 5.41) is 12.7. The lowest BCUT2D eigenvalue weighted by molar-refractivity contribution is 0.203. The molecule has 1 aliphatic heterocycles. The van der Waals surface area contributed by atoms with Gasteiger partial charge in [0.25, 0.3) is 0 Å². The summed E-state index contributed by atoms with van der Waals surface area (Å²) in [6, 6.07) is 0.584. The van der Waals surface area contributed by atoms with Crippen molar-refractivity contribution in [1.82, 2.24) is 10.2 Å². The summed E-state index contributed by atoms with van der Waals surface area (Å²) in [5.41, 5.74) is 0.326. The van der Waals surface area contributed by atoms with Crippen LogP contribution in [-0.4, -0.2) is 48.8 Å². The van der Waals surface area contributed by atoms with Crippen molar-refractivity contribution in [3.05, 3.63) is 0 Å². The van der Waals surface area contributed by atoms with E-state index in [0.29, 0.717) is 24.0 Å². The summed E-state index contributed by atoms with van der Waals surface area (Å²) in [7, 11) is 0. The van der Waals surface area contributed by atoms with Crippen LogP contribution in [0, 0.1) is 11.3 Å². The molecular formula is C14H30N2O. The monoisotopic (exact) mass is 242 g/mol. The molecule has 0 aromatic rings. The van der Waals surface area contributed by atoms with E-state index in [2.05, 4.69) is 37.9 Å². The van der Waals surface area contributed by atoms with Gasteiger partial charge >= 0.3 is 0 Å². The average Bonchev–Trinajstić information content (AvgIpc) is 2.70. The molecule has 0 aliphatic carbocycles. The van der Waals surface area contributed by atoms with Gasteiger partial charge in [-0.05, 0) is 43.8 Å². The Morgan fingerprint density at radius 1 is 1.41 bits per heavy atom. The summed E-state index contributed by atoms with van der Waals surface area (Å²) in [6.07, 6.45) is 2.37. The summed E-state index contributed by atoms with van der Waals surface area (Å²) >= 11 is 0. The highest BCUT2D eigenvalue weighted by atomic mass is 16.3. The Kier molecular flexibility index (Phi) is 5.90. The topological polar surface area (TPSA) is 35.5 Å². The smallest absolute Gasteiger partial charge is 0.0471 e. The maximum absolute atomic E-state index is 9.14. The molecule has 1 rings (SSSR count). The molecule has 0 aromatic heterocycles. The van der Waals surface area contributed by atoms with E-state index >= 15 is 0 Å². The van der Waals surface area contributed by atoms with Crippen LogP contribution in [0.15, 0.2) is 0 Å². The van der Waals surface area contributed by atoms with Gasteiger partial charge in [0.15, 0.2) is 0 Å². The number of nitrogens with zero attached hydrogens (tertiary/aromatic N) is 1. The molecule has 0 spiro atoms. The van der Waals surface area contributed by atoms with E-state index in [1.807, 2.05) is 0 Å². The van der Waals surface area contributed by atoms with Crippen LogP contribution in [0.3, 0.4) is 0 Å². The maximum atomic E-state index is 9.14. The normalized spacial score (nSPS) is 24.2. The minimum atomic E-state index is 0.326. The molecule has 0 radical (unpaired) electrons. The molecular weight excluding hydrogens is 212 g/mol.